The quantitative estimate of drug-likeness (QED) is 0.183. The molecule has 47 heavy (non-hydrogen) atoms. The van der Waals surface area contributed by atoms with Crippen molar-refractivity contribution in [2.24, 2.45) is 0 Å². The Hall–Kier alpha value is -6.18. The molecule has 0 N–H and O–H groups in total. The number of rotatable bonds is 3. The van der Waals surface area contributed by atoms with Gasteiger partial charge in [-0.05, 0) is 113 Å². The first kappa shape index (κ1) is 20.8. The molecule has 10 rings (SSSR count). The van der Waals surface area contributed by atoms with Crippen molar-refractivity contribution >= 4 is 65.0 Å². The maximum Gasteiger partial charge on any atom is 0.136 e. The summed E-state index contributed by atoms with van der Waals surface area (Å²) in [4.78, 5) is 0. The Morgan fingerprint density at radius 1 is 0.383 bits per heavy atom. The normalized spacial score (nSPS) is 13.6. The number of hydrogen-bond acceptors (Lipinski definition) is 1. The van der Waals surface area contributed by atoms with E-state index in [1.165, 1.54) is 0 Å². The minimum absolute atomic E-state index is 0.0419. The molecule has 0 spiro atoms. The van der Waals surface area contributed by atoms with Crippen LogP contribution in [0.4, 0.5) is 0 Å². The topological polar surface area (TPSA) is 13.1 Å². The summed E-state index contributed by atoms with van der Waals surface area (Å²) in [5.41, 5.74) is 5.66. The van der Waals surface area contributed by atoms with Gasteiger partial charge in [-0.25, -0.2) is 0 Å². The highest BCUT2D eigenvalue weighted by molar-refractivity contribution is 6.24. The number of fused-ring (bicyclic) bond motifs is 7. The minimum atomic E-state index is -0.404. The highest BCUT2D eigenvalue weighted by Gasteiger charge is 2.20. The summed E-state index contributed by atoms with van der Waals surface area (Å²) in [6.07, 6.45) is 0. The second-order valence-electron chi connectivity index (χ2n) is 12.0. The zero-order valence-corrected chi connectivity index (χ0v) is 25.1. The van der Waals surface area contributed by atoms with Crippen molar-refractivity contribution in [2.75, 3.05) is 0 Å². The third-order valence-electron chi connectivity index (χ3n) is 9.31. The van der Waals surface area contributed by atoms with Crippen LogP contribution in [0.1, 0.15) is 8.22 Å². The van der Waals surface area contributed by atoms with Gasteiger partial charge in [-0.3, -0.25) is 0 Å². The minimum Gasteiger partial charge on any atom is -0.456 e. The van der Waals surface area contributed by atoms with Gasteiger partial charge in [-0.2, -0.15) is 0 Å². The van der Waals surface area contributed by atoms with Crippen LogP contribution in [-0.4, -0.2) is 0 Å². The first-order chi connectivity index (χ1) is 25.8. The van der Waals surface area contributed by atoms with Crippen LogP contribution in [0, 0.1) is 0 Å². The molecule has 0 amide bonds. The van der Waals surface area contributed by atoms with Crippen LogP contribution in [0.25, 0.3) is 98.4 Å². The number of hydrogen-bond donors (Lipinski definition) is 0. The summed E-state index contributed by atoms with van der Waals surface area (Å²) < 4.78 is 61.0. The van der Waals surface area contributed by atoms with Crippen LogP contribution in [0.2, 0.25) is 0 Å². The summed E-state index contributed by atoms with van der Waals surface area (Å²) in [6.45, 7) is 0. The molecule has 1 heteroatoms. The van der Waals surface area contributed by atoms with E-state index in [-0.39, 0.29) is 34.9 Å². The predicted molar refractivity (Wildman–Crippen MR) is 200 cm³/mol. The SMILES string of the molecule is [2H]c1c([2H])c([2H])c2c(-c3c4ccccc4c(-c4ccc5oc6cc7ccccc7cc6c5c4)c4ccccc34)c([2H])c(-c3ccccc3)c([2H])c2c1[2H]. The summed E-state index contributed by atoms with van der Waals surface area (Å²) >= 11 is 0. The van der Waals surface area contributed by atoms with E-state index in [0.717, 1.165) is 65.4 Å². The molecule has 1 heterocycles. The Labute approximate surface area is 280 Å². The molecule has 9 aromatic carbocycles. The molecule has 0 aliphatic heterocycles. The van der Waals surface area contributed by atoms with Gasteiger partial charge in [0.1, 0.15) is 11.2 Å². The number of benzene rings is 9. The second-order valence-corrected chi connectivity index (χ2v) is 12.0. The monoisotopic (exact) mass is 602 g/mol. The van der Waals surface area contributed by atoms with E-state index in [1.807, 2.05) is 84.9 Å². The van der Waals surface area contributed by atoms with Crippen LogP contribution in [0.5, 0.6) is 0 Å². The molecule has 0 saturated heterocycles. The zero-order valence-electron chi connectivity index (χ0n) is 31.1. The zero-order chi connectivity index (χ0) is 36.1. The van der Waals surface area contributed by atoms with E-state index in [2.05, 4.69) is 48.5 Å². The molecule has 0 saturated carbocycles. The van der Waals surface area contributed by atoms with Crippen molar-refractivity contribution in [3.05, 3.63) is 170 Å². The summed E-state index contributed by atoms with van der Waals surface area (Å²) in [5.74, 6) is 0. The average molecular weight is 603 g/mol. The first-order valence-corrected chi connectivity index (χ1v) is 15.7. The third-order valence-corrected chi connectivity index (χ3v) is 9.31. The van der Waals surface area contributed by atoms with Gasteiger partial charge in [0.05, 0.1) is 8.22 Å². The lowest BCUT2D eigenvalue weighted by Crippen LogP contribution is -1.92. The summed E-state index contributed by atoms with van der Waals surface area (Å²) in [6, 6.07) is 42.8. The van der Waals surface area contributed by atoms with Gasteiger partial charge >= 0.3 is 0 Å². The molecule has 1 nitrogen and oxygen atoms in total. The highest BCUT2D eigenvalue weighted by Crippen LogP contribution is 2.47. The molecule has 0 unspecified atom stereocenters. The fourth-order valence-corrected chi connectivity index (χ4v) is 7.20. The highest BCUT2D eigenvalue weighted by atomic mass is 16.3. The Morgan fingerprint density at radius 3 is 1.74 bits per heavy atom. The van der Waals surface area contributed by atoms with Crippen LogP contribution in [0.3, 0.4) is 0 Å². The molecule has 0 fully saturated rings. The third kappa shape index (κ3) is 4.03. The van der Waals surface area contributed by atoms with Gasteiger partial charge in [-0.1, -0.05) is 133 Å². The van der Waals surface area contributed by atoms with Crippen molar-refractivity contribution in [2.45, 2.75) is 0 Å². The van der Waals surface area contributed by atoms with E-state index < -0.39 is 12.1 Å². The van der Waals surface area contributed by atoms with Crippen molar-refractivity contribution in [1.82, 2.24) is 0 Å². The van der Waals surface area contributed by atoms with E-state index in [4.69, 9.17) is 8.53 Å². The van der Waals surface area contributed by atoms with Crippen LogP contribution in [0.15, 0.2) is 174 Å². The van der Waals surface area contributed by atoms with Gasteiger partial charge in [0.2, 0.25) is 0 Å². The fraction of sp³-hybridized carbons (Fsp3) is 0. The Bertz CT molecular complexity index is 3130. The summed E-state index contributed by atoms with van der Waals surface area (Å²) in [5, 5.41) is 8.11. The van der Waals surface area contributed by atoms with Gasteiger partial charge in [0, 0.05) is 10.8 Å². The van der Waals surface area contributed by atoms with Crippen molar-refractivity contribution in [3.8, 4) is 33.4 Å². The van der Waals surface area contributed by atoms with E-state index in [1.54, 1.807) is 0 Å². The smallest absolute Gasteiger partial charge is 0.136 e. The number of furan rings is 1. The predicted octanol–water partition coefficient (Wildman–Crippen LogP) is 13.2. The van der Waals surface area contributed by atoms with Gasteiger partial charge in [-0.15, -0.1) is 0 Å². The van der Waals surface area contributed by atoms with Gasteiger partial charge in [0.15, 0.2) is 0 Å². The lowest BCUT2D eigenvalue weighted by Gasteiger charge is -2.19. The van der Waals surface area contributed by atoms with E-state index in [0.29, 0.717) is 22.3 Å². The fourth-order valence-electron chi connectivity index (χ4n) is 7.20. The van der Waals surface area contributed by atoms with Gasteiger partial charge < -0.3 is 4.42 Å². The largest absolute Gasteiger partial charge is 0.456 e. The molecular formula is C46H28O. The molecule has 218 valence electrons. The molecular weight excluding hydrogens is 569 g/mol. The van der Waals surface area contributed by atoms with Crippen LogP contribution in [-0.2, 0) is 0 Å². The molecule has 0 radical (unpaired) electrons. The van der Waals surface area contributed by atoms with E-state index in [9.17, 15) is 4.11 Å². The molecule has 0 bridgehead atoms. The second kappa shape index (κ2) is 10.2. The maximum atomic E-state index is 9.83. The Morgan fingerprint density at radius 2 is 1.00 bits per heavy atom. The average Bonchev–Trinajstić information content (AvgIpc) is 3.54. The Balaban J connectivity index is 1.36. The van der Waals surface area contributed by atoms with Crippen molar-refractivity contribution in [1.29, 1.82) is 0 Å². The molecule has 0 atom stereocenters. The maximum absolute atomic E-state index is 9.83. The lowest BCUT2D eigenvalue weighted by molar-refractivity contribution is 0.669. The van der Waals surface area contributed by atoms with Crippen LogP contribution < -0.4 is 0 Å². The van der Waals surface area contributed by atoms with Crippen molar-refractivity contribution in [3.63, 3.8) is 0 Å². The van der Waals surface area contributed by atoms with Crippen molar-refractivity contribution < 1.29 is 12.6 Å². The first-order valence-electron chi connectivity index (χ1n) is 18.7. The lowest BCUT2D eigenvalue weighted by atomic mass is 9.83. The molecule has 10 aromatic rings. The molecule has 0 aliphatic carbocycles. The standard InChI is InChI=1S/C46H28O/c1-2-12-29(13-3-1)34-24-32-16-6-7-17-35(32)42(27-34)46-38-20-10-8-18-36(38)45(37-19-9-11-21-39(37)46)33-22-23-43-40(26-33)41-25-30-14-4-5-15-31(30)28-44(41)47-43/h1-28H/i6D,7D,16D,17D,24D,27D. The van der Waals surface area contributed by atoms with Gasteiger partial charge in [0.25, 0.3) is 0 Å². The molecule has 0 aliphatic rings. The Kier molecular flexibility index (Phi) is 4.49. The molecule has 1 aromatic heterocycles. The summed E-state index contributed by atoms with van der Waals surface area (Å²) in [7, 11) is 0. The van der Waals surface area contributed by atoms with E-state index >= 15 is 0 Å². The van der Waals surface area contributed by atoms with Crippen LogP contribution >= 0.6 is 0 Å².